The molecule has 1 amide bonds. The van der Waals surface area contributed by atoms with E-state index in [9.17, 15) is 17.6 Å². The first-order chi connectivity index (χ1) is 10.4. The molecule has 0 aliphatic carbocycles. The third-order valence-corrected chi connectivity index (χ3v) is 5.60. The van der Waals surface area contributed by atoms with Crippen LogP contribution in [0, 0.1) is 11.7 Å². The van der Waals surface area contributed by atoms with Gasteiger partial charge in [0.15, 0.2) is 0 Å². The summed E-state index contributed by atoms with van der Waals surface area (Å²) in [5.41, 5.74) is 0.311. The highest BCUT2D eigenvalue weighted by Gasteiger charge is 2.26. The Morgan fingerprint density at radius 2 is 2.05 bits per heavy atom. The second-order valence-electron chi connectivity index (χ2n) is 5.68. The van der Waals surface area contributed by atoms with Crippen molar-refractivity contribution in [2.75, 3.05) is 25.4 Å². The molecule has 7 heteroatoms. The van der Waals surface area contributed by atoms with Crippen molar-refractivity contribution >= 4 is 15.9 Å². The molecule has 1 atom stereocenters. The van der Waals surface area contributed by atoms with Crippen LogP contribution >= 0.6 is 0 Å². The van der Waals surface area contributed by atoms with Gasteiger partial charge in [0.2, 0.25) is 10.0 Å². The van der Waals surface area contributed by atoms with E-state index in [0.29, 0.717) is 24.6 Å². The molecule has 1 aromatic carbocycles. The number of nitrogens with one attached hydrogen (secondary N) is 1. The maximum absolute atomic E-state index is 12.8. The second kappa shape index (κ2) is 7.19. The molecule has 0 unspecified atom stereocenters. The van der Waals surface area contributed by atoms with Crippen molar-refractivity contribution in [3.63, 3.8) is 0 Å². The quantitative estimate of drug-likeness (QED) is 0.893. The molecule has 5 nitrogen and oxygen atoms in total. The standard InChI is InChI=1S/C15H21FN2O3S/c1-12-3-2-9-18(11-12)22(20,21)10-8-17-15(19)13-4-6-14(16)7-5-13/h4-7,12H,2-3,8-11H2,1H3,(H,17,19)/t12-/m1/s1. The summed E-state index contributed by atoms with van der Waals surface area (Å²) in [4.78, 5) is 11.8. The summed E-state index contributed by atoms with van der Waals surface area (Å²) in [6.07, 6.45) is 1.93. The summed E-state index contributed by atoms with van der Waals surface area (Å²) in [5, 5.41) is 2.56. The Bertz CT molecular complexity index is 616. The van der Waals surface area contributed by atoms with Crippen LogP contribution in [-0.4, -0.2) is 44.0 Å². The predicted octanol–water partition coefficient (Wildman–Crippen LogP) is 1.62. The highest BCUT2D eigenvalue weighted by molar-refractivity contribution is 7.89. The minimum Gasteiger partial charge on any atom is -0.351 e. The number of carbonyl (C=O) groups is 1. The van der Waals surface area contributed by atoms with Crippen LogP contribution in [0.2, 0.25) is 0 Å². The van der Waals surface area contributed by atoms with Gasteiger partial charge in [-0.3, -0.25) is 4.79 Å². The zero-order valence-corrected chi connectivity index (χ0v) is 13.4. The Morgan fingerprint density at radius 1 is 1.36 bits per heavy atom. The summed E-state index contributed by atoms with van der Waals surface area (Å²) < 4.78 is 38.7. The average Bonchev–Trinajstić information content (AvgIpc) is 2.47. The number of benzene rings is 1. The monoisotopic (exact) mass is 328 g/mol. The Labute approximate surface area is 130 Å². The Kier molecular flexibility index (Phi) is 5.52. The van der Waals surface area contributed by atoms with Crippen molar-refractivity contribution in [2.24, 2.45) is 5.92 Å². The van der Waals surface area contributed by atoms with Crippen LogP contribution in [-0.2, 0) is 10.0 Å². The summed E-state index contributed by atoms with van der Waals surface area (Å²) in [5.74, 6) is -0.565. The topological polar surface area (TPSA) is 66.5 Å². The normalized spacial score (nSPS) is 19.8. The molecule has 0 aromatic heterocycles. The number of carbonyl (C=O) groups excluding carboxylic acids is 1. The highest BCUT2D eigenvalue weighted by atomic mass is 32.2. The second-order valence-corrected chi connectivity index (χ2v) is 7.77. The van der Waals surface area contributed by atoms with Gasteiger partial charge in [-0.1, -0.05) is 6.92 Å². The van der Waals surface area contributed by atoms with Crippen molar-refractivity contribution < 1.29 is 17.6 Å². The molecular formula is C15H21FN2O3S. The Hall–Kier alpha value is -1.47. The molecule has 1 aromatic rings. The minimum absolute atomic E-state index is 0.0451. The first-order valence-electron chi connectivity index (χ1n) is 7.40. The molecule has 122 valence electrons. The fourth-order valence-electron chi connectivity index (χ4n) is 2.52. The van der Waals surface area contributed by atoms with E-state index in [-0.39, 0.29) is 12.3 Å². The summed E-state index contributed by atoms with van der Waals surface area (Å²) in [7, 11) is -3.34. The van der Waals surface area contributed by atoms with E-state index in [1.54, 1.807) is 0 Å². The van der Waals surface area contributed by atoms with Crippen LogP contribution in [0.5, 0.6) is 0 Å². The highest BCUT2D eigenvalue weighted by Crippen LogP contribution is 2.18. The van der Waals surface area contributed by atoms with E-state index < -0.39 is 21.7 Å². The lowest BCUT2D eigenvalue weighted by atomic mass is 10.0. The summed E-state index contributed by atoms with van der Waals surface area (Å²) >= 11 is 0. The number of hydrogen-bond acceptors (Lipinski definition) is 3. The predicted molar refractivity (Wildman–Crippen MR) is 82.5 cm³/mol. The Balaban J connectivity index is 1.84. The zero-order chi connectivity index (χ0) is 16.2. The molecule has 1 aliphatic heterocycles. The number of piperidine rings is 1. The third kappa shape index (κ3) is 4.51. The van der Waals surface area contributed by atoms with Crippen LogP contribution in [0.15, 0.2) is 24.3 Å². The lowest BCUT2D eigenvalue weighted by Gasteiger charge is -2.30. The number of rotatable bonds is 5. The van der Waals surface area contributed by atoms with Gasteiger partial charge in [0.05, 0.1) is 5.75 Å². The molecule has 22 heavy (non-hydrogen) atoms. The van der Waals surface area contributed by atoms with Crippen LogP contribution < -0.4 is 5.32 Å². The maximum Gasteiger partial charge on any atom is 0.251 e. The number of halogens is 1. The average molecular weight is 328 g/mol. The number of nitrogens with zero attached hydrogens (tertiary/aromatic N) is 1. The lowest BCUT2D eigenvalue weighted by Crippen LogP contribution is -2.42. The minimum atomic E-state index is -3.34. The van der Waals surface area contributed by atoms with Gasteiger partial charge >= 0.3 is 0 Å². The number of sulfonamides is 1. The maximum atomic E-state index is 12.8. The van der Waals surface area contributed by atoms with Crippen molar-refractivity contribution in [1.82, 2.24) is 9.62 Å². The van der Waals surface area contributed by atoms with Crippen LogP contribution in [0.1, 0.15) is 30.1 Å². The van der Waals surface area contributed by atoms with Gasteiger partial charge in [-0.15, -0.1) is 0 Å². The third-order valence-electron chi connectivity index (χ3n) is 3.77. The molecule has 0 radical (unpaired) electrons. The fraction of sp³-hybridized carbons (Fsp3) is 0.533. The largest absolute Gasteiger partial charge is 0.351 e. The molecule has 0 saturated carbocycles. The first-order valence-corrected chi connectivity index (χ1v) is 9.01. The summed E-state index contributed by atoms with van der Waals surface area (Å²) in [6.45, 7) is 3.19. The van der Waals surface area contributed by atoms with E-state index in [2.05, 4.69) is 5.32 Å². The van der Waals surface area contributed by atoms with E-state index in [4.69, 9.17) is 0 Å². The van der Waals surface area contributed by atoms with Crippen molar-refractivity contribution in [3.05, 3.63) is 35.6 Å². The zero-order valence-electron chi connectivity index (χ0n) is 12.6. The SMILES string of the molecule is C[C@@H]1CCCN(S(=O)(=O)CCNC(=O)c2ccc(F)cc2)C1. The lowest BCUT2D eigenvalue weighted by molar-refractivity contribution is 0.0956. The molecule has 0 bridgehead atoms. The molecule has 1 N–H and O–H groups in total. The Morgan fingerprint density at radius 3 is 2.68 bits per heavy atom. The van der Waals surface area contributed by atoms with E-state index in [1.165, 1.54) is 28.6 Å². The molecule has 1 aliphatic rings. The van der Waals surface area contributed by atoms with Crippen molar-refractivity contribution in [3.8, 4) is 0 Å². The molecule has 1 saturated heterocycles. The van der Waals surface area contributed by atoms with Gasteiger partial charge in [-0.05, 0) is 43.0 Å². The van der Waals surface area contributed by atoms with Crippen LogP contribution in [0.25, 0.3) is 0 Å². The van der Waals surface area contributed by atoms with Gasteiger partial charge < -0.3 is 5.32 Å². The van der Waals surface area contributed by atoms with E-state index in [0.717, 1.165) is 12.8 Å². The van der Waals surface area contributed by atoms with Crippen LogP contribution in [0.4, 0.5) is 4.39 Å². The van der Waals surface area contributed by atoms with Gasteiger partial charge in [-0.25, -0.2) is 17.1 Å². The smallest absolute Gasteiger partial charge is 0.251 e. The number of hydrogen-bond donors (Lipinski definition) is 1. The van der Waals surface area contributed by atoms with Gasteiger partial charge in [0, 0.05) is 25.2 Å². The van der Waals surface area contributed by atoms with Gasteiger partial charge in [0.1, 0.15) is 5.82 Å². The van der Waals surface area contributed by atoms with Crippen molar-refractivity contribution in [2.45, 2.75) is 19.8 Å². The number of amides is 1. The van der Waals surface area contributed by atoms with Gasteiger partial charge in [-0.2, -0.15) is 0 Å². The molecule has 1 heterocycles. The van der Waals surface area contributed by atoms with Crippen LogP contribution in [0.3, 0.4) is 0 Å². The molecular weight excluding hydrogens is 307 g/mol. The van der Waals surface area contributed by atoms with Crippen molar-refractivity contribution in [1.29, 1.82) is 0 Å². The first kappa shape index (κ1) is 16.9. The molecule has 2 rings (SSSR count). The van der Waals surface area contributed by atoms with E-state index >= 15 is 0 Å². The molecule has 0 spiro atoms. The fourth-order valence-corrected chi connectivity index (χ4v) is 4.03. The van der Waals surface area contributed by atoms with Gasteiger partial charge in [0.25, 0.3) is 5.91 Å². The molecule has 1 fully saturated rings. The van der Waals surface area contributed by atoms with E-state index in [1.807, 2.05) is 6.92 Å². The summed E-state index contributed by atoms with van der Waals surface area (Å²) in [6, 6.07) is 5.12.